The molecule has 0 radical (unpaired) electrons. The van der Waals surface area contributed by atoms with Crippen LogP contribution < -0.4 is 5.73 Å². The molecule has 0 spiro atoms. The predicted octanol–water partition coefficient (Wildman–Crippen LogP) is -0.204. The molecule has 2 aromatic heterocycles. The fraction of sp³-hybridized carbons (Fsp3) is 0.111. The van der Waals surface area contributed by atoms with Crippen molar-refractivity contribution in [1.82, 2.24) is 14.6 Å². The Kier molecular flexibility index (Phi) is 2.39. The van der Waals surface area contributed by atoms with E-state index in [4.69, 9.17) is 10.8 Å². The van der Waals surface area contributed by atoms with E-state index in [1.807, 2.05) is 0 Å². The first kappa shape index (κ1) is 10.9. The molecular weight excluding hydrogens is 228 g/mol. The predicted molar refractivity (Wildman–Crippen MR) is 55.7 cm³/mol. The average Bonchev–Trinajstić information content (AvgIpc) is 2.69. The van der Waals surface area contributed by atoms with Crippen molar-refractivity contribution in [3.05, 3.63) is 23.7 Å². The highest BCUT2D eigenvalue weighted by Gasteiger charge is 2.18. The van der Waals surface area contributed by atoms with Gasteiger partial charge in [0.2, 0.25) is 0 Å². The summed E-state index contributed by atoms with van der Waals surface area (Å²) >= 11 is 0. The van der Waals surface area contributed by atoms with Gasteiger partial charge in [-0.3, -0.25) is 0 Å². The lowest BCUT2D eigenvalue weighted by atomic mass is 10.3. The topological polar surface area (TPSA) is 120 Å². The van der Waals surface area contributed by atoms with Crippen molar-refractivity contribution in [1.29, 1.82) is 0 Å². The Morgan fingerprint density at radius 2 is 2.24 bits per heavy atom. The third-order valence-corrected chi connectivity index (χ3v) is 2.11. The third-order valence-electron chi connectivity index (χ3n) is 2.11. The summed E-state index contributed by atoms with van der Waals surface area (Å²) < 4.78 is 5.66. The van der Waals surface area contributed by atoms with Crippen LogP contribution in [0.25, 0.3) is 5.65 Å². The molecule has 8 nitrogen and oxygen atoms in total. The summed E-state index contributed by atoms with van der Waals surface area (Å²) in [6.45, 7) is 0. The van der Waals surface area contributed by atoms with Gasteiger partial charge in [-0.2, -0.15) is 5.10 Å². The summed E-state index contributed by atoms with van der Waals surface area (Å²) in [4.78, 5) is 26.1. The second-order valence-electron chi connectivity index (χ2n) is 3.16. The van der Waals surface area contributed by atoms with Crippen LogP contribution >= 0.6 is 0 Å². The molecule has 2 rings (SSSR count). The van der Waals surface area contributed by atoms with Gasteiger partial charge < -0.3 is 15.6 Å². The van der Waals surface area contributed by atoms with E-state index in [9.17, 15) is 9.59 Å². The van der Waals surface area contributed by atoms with Gasteiger partial charge in [-0.15, -0.1) is 0 Å². The number of carbonyl (C=O) groups excluding carboxylic acids is 1. The van der Waals surface area contributed by atoms with Crippen LogP contribution in [-0.2, 0) is 4.74 Å². The molecule has 0 atom stereocenters. The van der Waals surface area contributed by atoms with Crippen LogP contribution in [-0.4, -0.2) is 38.8 Å². The molecule has 2 aromatic rings. The summed E-state index contributed by atoms with van der Waals surface area (Å²) in [5.74, 6) is -1.98. The molecular formula is C9H8N4O4. The van der Waals surface area contributed by atoms with E-state index in [-0.39, 0.29) is 22.7 Å². The molecule has 0 saturated heterocycles. The Bertz CT molecular complexity index is 619. The van der Waals surface area contributed by atoms with Crippen LogP contribution in [0, 0.1) is 0 Å². The van der Waals surface area contributed by atoms with E-state index >= 15 is 0 Å². The molecule has 0 fully saturated rings. The van der Waals surface area contributed by atoms with Crippen LogP contribution in [0.5, 0.6) is 0 Å². The number of esters is 1. The standard InChI is InChI=1S/C9H8N4O4/c1-17-9(16)6-2-5(8(14)15)12-7-4(10)3-11-13(6)7/h2-3H,10H2,1H3,(H,14,15). The zero-order valence-corrected chi connectivity index (χ0v) is 8.75. The van der Waals surface area contributed by atoms with Crippen LogP contribution in [0.15, 0.2) is 12.3 Å². The van der Waals surface area contributed by atoms with Crippen LogP contribution in [0.4, 0.5) is 5.69 Å². The first-order valence-electron chi connectivity index (χ1n) is 4.50. The van der Waals surface area contributed by atoms with Gasteiger partial charge >= 0.3 is 11.9 Å². The van der Waals surface area contributed by atoms with Crippen LogP contribution in [0.1, 0.15) is 21.0 Å². The Morgan fingerprint density at radius 3 is 2.82 bits per heavy atom. The fourth-order valence-electron chi connectivity index (χ4n) is 1.34. The molecule has 17 heavy (non-hydrogen) atoms. The molecule has 0 aromatic carbocycles. The smallest absolute Gasteiger partial charge is 0.356 e. The lowest BCUT2D eigenvalue weighted by Gasteiger charge is -2.04. The Hall–Kier alpha value is -2.64. The number of fused-ring (bicyclic) bond motifs is 1. The third kappa shape index (κ3) is 1.65. The van der Waals surface area contributed by atoms with Gasteiger partial charge in [-0.1, -0.05) is 0 Å². The molecule has 3 N–H and O–H groups in total. The van der Waals surface area contributed by atoms with Gasteiger partial charge in [-0.25, -0.2) is 19.1 Å². The van der Waals surface area contributed by atoms with Gasteiger partial charge in [0.05, 0.1) is 19.0 Å². The number of nitrogens with zero attached hydrogens (tertiary/aromatic N) is 3. The van der Waals surface area contributed by atoms with Gasteiger partial charge in [0.15, 0.2) is 17.0 Å². The monoisotopic (exact) mass is 236 g/mol. The van der Waals surface area contributed by atoms with Crippen LogP contribution in [0.3, 0.4) is 0 Å². The van der Waals surface area contributed by atoms with E-state index in [1.54, 1.807) is 0 Å². The van der Waals surface area contributed by atoms with Gasteiger partial charge in [0, 0.05) is 6.07 Å². The summed E-state index contributed by atoms with van der Waals surface area (Å²) in [6, 6.07) is 1.08. The number of hydrogen-bond donors (Lipinski definition) is 2. The molecule has 0 saturated carbocycles. The second kappa shape index (κ2) is 3.74. The molecule has 0 aliphatic carbocycles. The summed E-state index contributed by atoms with van der Waals surface area (Å²) in [5.41, 5.74) is 5.50. The maximum atomic E-state index is 11.5. The van der Waals surface area contributed by atoms with E-state index < -0.39 is 11.9 Å². The van der Waals surface area contributed by atoms with Crippen molar-refractivity contribution in [3.63, 3.8) is 0 Å². The van der Waals surface area contributed by atoms with E-state index in [1.165, 1.54) is 13.3 Å². The number of carboxylic acids is 1. The molecule has 88 valence electrons. The first-order valence-corrected chi connectivity index (χ1v) is 4.50. The SMILES string of the molecule is COC(=O)c1cc(C(=O)O)nc2c(N)cnn12. The first-order chi connectivity index (χ1) is 8.04. The molecule has 8 heteroatoms. The summed E-state index contributed by atoms with van der Waals surface area (Å²) in [7, 11) is 1.18. The zero-order valence-electron chi connectivity index (χ0n) is 8.75. The van der Waals surface area contributed by atoms with Gasteiger partial charge in [0.1, 0.15) is 0 Å². The number of methoxy groups -OCH3 is 1. The minimum Gasteiger partial charge on any atom is -0.477 e. The number of carboxylic acid groups (broad SMARTS) is 1. The Balaban J connectivity index is 2.79. The number of aromatic nitrogens is 3. The number of nitrogens with two attached hydrogens (primary N) is 1. The van der Waals surface area contributed by atoms with Crippen molar-refractivity contribution in [2.75, 3.05) is 12.8 Å². The number of anilines is 1. The fourth-order valence-corrected chi connectivity index (χ4v) is 1.34. The molecule has 0 amide bonds. The zero-order chi connectivity index (χ0) is 12.6. The molecule has 0 bridgehead atoms. The average molecular weight is 236 g/mol. The lowest BCUT2D eigenvalue weighted by molar-refractivity contribution is 0.0590. The van der Waals surface area contributed by atoms with Crippen molar-refractivity contribution in [3.8, 4) is 0 Å². The lowest BCUT2D eigenvalue weighted by Crippen LogP contribution is -2.13. The quantitative estimate of drug-likeness (QED) is 0.692. The van der Waals surface area contributed by atoms with Crippen LogP contribution in [0.2, 0.25) is 0 Å². The minimum absolute atomic E-state index is 0.0494. The number of nitrogen functional groups attached to an aromatic ring is 1. The summed E-state index contributed by atoms with van der Waals surface area (Å²) in [6.07, 6.45) is 1.28. The minimum atomic E-state index is -1.27. The summed E-state index contributed by atoms with van der Waals surface area (Å²) in [5, 5.41) is 12.7. The number of aromatic carboxylic acids is 1. The number of rotatable bonds is 2. The second-order valence-corrected chi connectivity index (χ2v) is 3.16. The van der Waals surface area contributed by atoms with Crippen molar-refractivity contribution >= 4 is 23.3 Å². The van der Waals surface area contributed by atoms with Crippen molar-refractivity contribution in [2.45, 2.75) is 0 Å². The van der Waals surface area contributed by atoms with Crippen molar-refractivity contribution in [2.24, 2.45) is 0 Å². The largest absolute Gasteiger partial charge is 0.477 e. The molecule has 0 unspecified atom stereocenters. The highest BCUT2D eigenvalue weighted by Crippen LogP contribution is 2.14. The number of ether oxygens (including phenoxy) is 1. The highest BCUT2D eigenvalue weighted by molar-refractivity contribution is 5.93. The molecule has 2 heterocycles. The number of hydrogen-bond acceptors (Lipinski definition) is 6. The molecule has 0 aliphatic heterocycles. The maximum absolute atomic E-state index is 11.5. The van der Waals surface area contributed by atoms with Crippen molar-refractivity contribution < 1.29 is 19.4 Å². The molecule has 0 aliphatic rings. The normalized spacial score (nSPS) is 10.4. The van der Waals surface area contributed by atoms with Gasteiger partial charge in [0.25, 0.3) is 0 Å². The van der Waals surface area contributed by atoms with E-state index in [2.05, 4.69) is 14.8 Å². The van der Waals surface area contributed by atoms with E-state index in [0.717, 1.165) is 10.6 Å². The highest BCUT2D eigenvalue weighted by atomic mass is 16.5. The van der Waals surface area contributed by atoms with E-state index in [0.29, 0.717) is 0 Å². The number of carbonyl (C=O) groups is 2. The van der Waals surface area contributed by atoms with Gasteiger partial charge in [-0.05, 0) is 0 Å². The maximum Gasteiger partial charge on any atom is 0.356 e. The Labute approximate surface area is 94.6 Å². The Morgan fingerprint density at radius 1 is 1.53 bits per heavy atom.